The summed E-state index contributed by atoms with van der Waals surface area (Å²) in [6.07, 6.45) is 1.36. The van der Waals surface area contributed by atoms with Crippen molar-refractivity contribution in [2.24, 2.45) is 11.7 Å². The van der Waals surface area contributed by atoms with Gasteiger partial charge in [-0.05, 0) is 51.2 Å². The molecule has 3 N–H and O–H groups in total. The van der Waals surface area contributed by atoms with Gasteiger partial charge in [-0.1, -0.05) is 18.2 Å². The summed E-state index contributed by atoms with van der Waals surface area (Å²) in [5.41, 5.74) is 6.85. The highest BCUT2D eigenvalue weighted by Crippen LogP contribution is 2.28. The Balaban J connectivity index is 1.74. The number of nitrogens with one attached hydrogen (secondary N) is 1. The number of ether oxygens (including phenoxy) is 2. The van der Waals surface area contributed by atoms with Crippen LogP contribution in [-0.2, 0) is 11.2 Å². The summed E-state index contributed by atoms with van der Waals surface area (Å²) in [4.78, 5) is 11.6. The number of alkyl carbamates (subject to hydrolysis) is 1. The van der Waals surface area contributed by atoms with Gasteiger partial charge in [-0.25, -0.2) is 4.79 Å². The summed E-state index contributed by atoms with van der Waals surface area (Å²) < 4.78 is 11.0. The van der Waals surface area contributed by atoms with Crippen molar-refractivity contribution in [3.05, 3.63) is 29.8 Å². The van der Waals surface area contributed by atoms with Gasteiger partial charge in [0.2, 0.25) is 0 Å². The molecule has 1 aromatic carbocycles. The number of benzene rings is 1. The third kappa shape index (κ3) is 5.22. The maximum Gasteiger partial charge on any atom is 0.407 e. The molecule has 5 heteroatoms. The van der Waals surface area contributed by atoms with E-state index in [1.165, 1.54) is 5.56 Å². The standard InChI is InChI=1S/C17H26N2O3/c1-17(2,3)22-16(20)19-10-14(18)9-12-8-13-6-4-5-7-15(13)21-11-12/h4-7,12,14H,8-11,18H2,1-3H3,(H,19,20). The summed E-state index contributed by atoms with van der Waals surface area (Å²) in [5.74, 6) is 1.35. The van der Waals surface area contributed by atoms with Crippen molar-refractivity contribution in [1.82, 2.24) is 5.32 Å². The number of amides is 1. The van der Waals surface area contributed by atoms with Gasteiger partial charge < -0.3 is 20.5 Å². The van der Waals surface area contributed by atoms with Crippen molar-refractivity contribution in [1.29, 1.82) is 0 Å². The van der Waals surface area contributed by atoms with Gasteiger partial charge in [0.1, 0.15) is 11.4 Å². The van der Waals surface area contributed by atoms with Crippen LogP contribution in [0.25, 0.3) is 0 Å². The van der Waals surface area contributed by atoms with Crippen LogP contribution in [0.2, 0.25) is 0 Å². The predicted octanol–water partition coefficient (Wildman–Crippen LogP) is 2.48. The van der Waals surface area contributed by atoms with Crippen LogP contribution < -0.4 is 15.8 Å². The molecule has 2 atom stereocenters. The van der Waals surface area contributed by atoms with E-state index < -0.39 is 11.7 Å². The monoisotopic (exact) mass is 306 g/mol. The van der Waals surface area contributed by atoms with E-state index in [-0.39, 0.29) is 6.04 Å². The fraction of sp³-hybridized carbons (Fsp3) is 0.588. The third-order valence-electron chi connectivity index (χ3n) is 3.50. The second-order valence-electron chi connectivity index (χ2n) is 6.87. The summed E-state index contributed by atoms with van der Waals surface area (Å²) in [5, 5.41) is 2.72. The van der Waals surface area contributed by atoms with E-state index in [2.05, 4.69) is 11.4 Å². The van der Waals surface area contributed by atoms with Crippen molar-refractivity contribution >= 4 is 6.09 Å². The van der Waals surface area contributed by atoms with E-state index >= 15 is 0 Å². The van der Waals surface area contributed by atoms with Crippen LogP contribution >= 0.6 is 0 Å². The van der Waals surface area contributed by atoms with Crippen molar-refractivity contribution in [2.45, 2.75) is 45.3 Å². The lowest BCUT2D eigenvalue weighted by Crippen LogP contribution is -2.41. The molecule has 0 bridgehead atoms. The average molecular weight is 306 g/mol. The van der Waals surface area contributed by atoms with Gasteiger partial charge >= 0.3 is 6.09 Å². The molecule has 2 unspecified atom stereocenters. The molecule has 1 aromatic rings. The minimum atomic E-state index is -0.491. The number of hydrogen-bond donors (Lipinski definition) is 2. The molecular formula is C17H26N2O3. The van der Waals surface area contributed by atoms with Crippen LogP contribution in [0.3, 0.4) is 0 Å². The lowest BCUT2D eigenvalue weighted by atomic mass is 9.91. The van der Waals surface area contributed by atoms with E-state index in [9.17, 15) is 4.79 Å². The number of rotatable bonds is 4. The SMILES string of the molecule is CC(C)(C)OC(=O)NCC(N)CC1COc2ccccc2C1. The number of nitrogens with two attached hydrogens (primary N) is 1. The van der Waals surface area contributed by atoms with Gasteiger partial charge in [-0.3, -0.25) is 0 Å². The summed E-state index contributed by atoms with van der Waals surface area (Å²) in [7, 11) is 0. The van der Waals surface area contributed by atoms with Crippen molar-refractivity contribution in [3.8, 4) is 5.75 Å². The quantitative estimate of drug-likeness (QED) is 0.896. The molecule has 0 radical (unpaired) electrons. The fourth-order valence-electron chi connectivity index (χ4n) is 2.58. The first-order valence-corrected chi connectivity index (χ1v) is 7.76. The smallest absolute Gasteiger partial charge is 0.407 e. The fourth-order valence-corrected chi connectivity index (χ4v) is 2.58. The van der Waals surface area contributed by atoms with Crippen LogP contribution in [0.4, 0.5) is 4.79 Å². The summed E-state index contributed by atoms with van der Waals surface area (Å²) in [6.45, 7) is 6.60. The van der Waals surface area contributed by atoms with Crippen LogP contribution in [0, 0.1) is 5.92 Å². The largest absolute Gasteiger partial charge is 0.493 e. The van der Waals surface area contributed by atoms with Gasteiger partial charge in [0.05, 0.1) is 6.61 Å². The van der Waals surface area contributed by atoms with Crippen LogP contribution in [0.15, 0.2) is 24.3 Å². The Labute approximate surface area is 132 Å². The first-order chi connectivity index (χ1) is 10.3. The summed E-state index contributed by atoms with van der Waals surface area (Å²) in [6, 6.07) is 7.98. The van der Waals surface area contributed by atoms with Crippen molar-refractivity contribution in [2.75, 3.05) is 13.2 Å². The van der Waals surface area contributed by atoms with Crippen molar-refractivity contribution < 1.29 is 14.3 Å². The zero-order valence-corrected chi connectivity index (χ0v) is 13.6. The number of fused-ring (bicyclic) bond motifs is 1. The first kappa shape index (κ1) is 16.6. The summed E-state index contributed by atoms with van der Waals surface area (Å²) >= 11 is 0. The van der Waals surface area contributed by atoms with Crippen LogP contribution in [0.5, 0.6) is 5.75 Å². The van der Waals surface area contributed by atoms with Gasteiger partial charge in [0.25, 0.3) is 0 Å². The maximum atomic E-state index is 11.6. The molecule has 1 amide bonds. The molecule has 2 rings (SSSR count). The molecule has 0 fully saturated rings. The average Bonchev–Trinajstić information content (AvgIpc) is 2.43. The molecule has 0 aromatic heterocycles. The Morgan fingerprint density at radius 3 is 2.91 bits per heavy atom. The van der Waals surface area contributed by atoms with E-state index in [1.54, 1.807) is 0 Å². The normalized spacial score (nSPS) is 18.8. The topological polar surface area (TPSA) is 73.6 Å². The Morgan fingerprint density at radius 1 is 1.45 bits per heavy atom. The number of para-hydroxylation sites is 1. The maximum absolute atomic E-state index is 11.6. The second-order valence-corrected chi connectivity index (χ2v) is 6.87. The Bertz CT molecular complexity index is 511. The number of hydrogen-bond acceptors (Lipinski definition) is 4. The number of carbonyl (C=O) groups is 1. The van der Waals surface area contributed by atoms with E-state index in [4.69, 9.17) is 15.2 Å². The molecule has 122 valence electrons. The van der Waals surface area contributed by atoms with Crippen molar-refractivity contribution in [3.63, 3.8) is 0 Å². The minimum absolute atomic E-state index is 0.105. The molecule has 1 heterocycles. The van der Waals surface area contributed by atoms with Gasteiger partial charge in [-0.15, -0.1) is 0 Å². The zero-order chi connectivity index (χ0) is 16.2. The van der Waals surface area contributed by atoms with Gasteiger partial charge in [0, 0.05) is 12.6 Å². The second kappa shape index (κ2) is 7.01. The molecule has 22 heavy (non-hydrogen) atoms. The molecule has 5 nitrogen and oxygen atoms in total. The lowest BCUT2D eigenvalue weighted by Gasteiger charge is -2.27. The lowest BCUT2D eigenvalue weighted by molar-refractivity contribution is 0.0522. The Kier molecular flexibility index (Phi) is 5.29. The molecule has 0 aliphatic carbocycles. The highest BCUT2D eigenvalue weighted by molar-refractivity contribution is 5.67. The van der Waals surface area contributed by atoms with E-state index in [0.29, 0.717) is 19.1 Å². The Morgan fingerprint density at radius 2 is 2.18 bits per heavy atom. The van der Waals surface area contributed by atoms with Crippen LogP contribution in [-0.4, -0.2) is 30.9 Å². The Hall–Kier alpha value is -1.75. The molecule has 1 aliphatic rings. The highest BCUT2D eigenvalue weighted by atomic mass is 16.6. The van der Waals surface area contributed by atoms with Gasteiger partial charge in [-0.2, -0.15) is 0 Å². The van der Waals surface area contributed by atoms with Gasteiger partial charge in [0.15, 0.2) is 0 Å². The van der Waals surface area contributed by atoms with E-state index in [0.717, 1.165) is 18.6 Å². The molecule has 0 saturated carbocycles. The van der Waals surface area contributed by atoms with E-state index in [1.807, 2.05) is 39.0 Å². The molecule has 0 saturated heterocycles. The van der Waals surface area contributed by atoms with Crippen LogP contribution in [0.1, 0.15) is 32.8 Å². The first-order valence-electron chi connectivity index (χ1n) is 7.76. The molecular weight excluding hydrogens is 280 g/mol. The molecule has 0 spiro atoms. The zero-order valence-electron chi connectivity index (χ0n) is 13.6. The highest BCUT2D eigenvalue weighted by Gasteiger charge is 2.22. The minimum Gasteiger partial charge on any atom is -0.493 e. The molecule has 1 aliphatic heterocycles. The predicted molar refractivity (Wildman–Crippen MR) is 86.0 cm³/mol. The number of carbonyl (C=O) groups excluding carboxylic acids is 1. The third-order valence-corrected chi connectivity index (χ3v) is 3.50.